The van der Waals surface area contributed by atoms with Crippen LogP contribution in [-0.4, -0.2) is 15.9 Å². The summed E-state index contributed by atoms with van der Waals surface area (Å²) in [6.45, 7) is 21.2. The second-order valence-electron chi connectivity index (χ2n) is 15.0. The average Bonchev–Trinajstić information content (AvgIpc) is 3.73. The van der Waals surface area contributed by atoms with Crippen molar-refractivity contribution in [1.29, 1.82) is 0 Å². The van der Waals surface area contributed by atoms with Gasteiger partial charge in [-0.1, -0.05) is 116 Å². The molecule has 3 heterocycles. The number of aliphatic hydroxyl groups is 1. The maximum atomic E-state index is 12.2. The number of allylic oxidation sites excluding steroid dienone is 2. The molecule has 3 aromatic heterocycles. The van der Waals surface area contributed by atoms with Crippen LogP contribution in [0.15, 0.2) is 83.9 Å². The molecule has 3 aromatic carbocycles. The van der Waals surface area contributed by atoms with E-state index in [0.717, 1.165) is 47.2 Å². The maximum Gasteiger partial charge on any atom is 0.164 e. The van der Waals surface area contributed by atoms with Crippen molar-refractivity contribution < 1.29 is 30.0 Å². The first-order chi connectivity index (χ1) is 23.7. The van der Waals surface area contributed by atoms with Gasteiger partial charge in [-0.05, 0) is 61.1 Å². The van der Waals surface area contributed by atoms with Crippen LogP contribution >= 0.6 is 22.7 Å². The van der Waals surface area contributed by atoms with E-state index in [1.54, 1.807) is 11.3 Å². The Bertz CT molecular complexity index is 2170. The quantitative estimate of drug-likeness (QED) is 0.0894. The van der Waals surface area contributed by atoms with Crippen LogP contribution in [0.4, 0.5) is 0 Å². The monoisotopic (exact) mass is 895 g/mol. The molecular formula is C45H52IrNO2S2-. The summed E-state index contributed by atoms with van der Waals surface area (Å²) in [5, 5.41) is 17.3. The third-order valence-corrected chi connectivity index (χ3v) is 12.8. The largest absolute Gasteiger partial charge is 0.512 e. The summed E-state index contributed by atoms with van der Waals surface area (Å²) < 4.78 is 1.33. The molecule has 1 radical (unpaired) electrons. The Balaban J connectivity index is 0.000000279. The molecular weight excluding hydrogens is 843 g/mol. The summed E-state index contributed by atoms with van der Waals surface area (Å²) in [4.78, 5) is 19.7. The normalized spacial score (nSPS) is 12.5. The van der Waals surface area contributed by atoms with Crippen molar-refractivity contribution in [3.63, 3.8) is 0 Å². The van der Waals surface area contributed by atoms with Gasteiger partial charge in [-0.2, -0.15) is 0 Å². The molecule has 0 amide bonds. The Morgan fingerprint density at radius 1 is 0.824 bits per heavy atom. The molecule has 0 unspecified atom stereocenters. The molecule has 3 nitrogen and oxygen atoms in total. The van der Waals surface area contributed by atoms with Gasteiger partial charge in [-0.3, -0.25) is 9.78 Å². The second kappa shape index (κ2) is 16.3. The second-order valence-corrected chi connectivity index (χ2v) is 17.2. The molecule has 0 bridgehead atoms. The summed E-state index contributed by atoms with van der Waals surface area (Å²) in [6, 6.07) is 27.8. The molecule has 271 valence electrons. The van der Waals surface area contributed by atoms with Crippen molar-refractivity contribution in [3.8, 4) is 22.4 Å². The molecule has 0 spiro atoms. The Morgan fingerprint density at radius 2 is 1.43 bits per heavy atom. The summed E-state index contributed by atoms with van der Waals surface area (Å²) >= 11 is 3.58. The SMILES string of the molecule is CCC(C)(CC)C(=O)/C=C(\O)C(C)(CC)CC.Cc1sc2ccccc2c1-c1cc(-c2[c-]c3ccccc3c(C(C)(C)C)c2)nc2sccc12.[Ir]. The number of thiophene rings is 2. The van der Waals surface area contributed by atoms with E-state index in [-0.39, 0.29) is 47.9 Å². The maximum absolute atomic E-state index is 12.2. The zero-order valence-corrected chi connectivity index (χ0v) is 35.8. The number of carbonyl (C=O) groups is 1. The third-order valence-electron chi connectivity index (χ3n) is 10.9. The van der Waals surface area contributed by atoms with Crippen LogP contribution in [0, 0.1) is 23.8 Å². The van der Waals surface area contributed by atoms with E-state index in [1.807, 2.05) is 52.9 Å². The van der Waals surface area contributed by atoms with Crippen molar-refractivity contribution in [2.75, 3.05) is 0 Å². The Labute approximate surface area is 326 Å². The number of pyridine rings is 1. The summed E-state index contributed by atoms with van der Waals surface area (Å²) in [7, 11) is 0. The fourth-order valence-corrected chi connectivity index (χ4v) is 8.34. The predicted molar refractivity (Wildman–Crippen MR) is 219 cm³/mol. The number of nitrogens with zero attached hydrogens (tertiary/aromatic N) is 1. The first-order valence-corrected chi connectivity index (χ1v) is 19.7. The van der Waals surface area contributed by atoms with Crippen molar-refractivity contribution in [1.82, 2.24) is 4.98 Å². The summed E-state index contributed by atoms with van der Waals surface area (Å²) in [6.07, 6.45) is 4.75. The van der Waals surface area contributed by atoms with Gasteiger partial charge in [0.1, 0.15) is 10.6 Å². The van der Waals surface area contributed by atoms with Crippen LogP contribution < -0.4 is 0 Å². The van der Waals surface area contributed by atoms with Gasteiger partial charge in [0.25, 0.3) is 0 Å². The number of carbonyl (C=O) groups excluding carboxylic acids is 1. The van der Waals surface area contributed by atoms with Crippen LogP contribution in [0.2, 0.25) is 0 Å². The van der Waals surface area contributed by atoms with Crippen LogP contribution in [0.25, 0.3) is 53.5 Å². The number of aromatic nitrogens is 1. The molecule has 0 aliphatic heterocycles. The molecule has 0 saturated heterocycles. The zero-order chi connectivity index (χ0) is 36.4. The zero-order valence-electron chi connectivity index (χ0n) is 31.8. The minimum atomic E-state index is -0.337. The molecule has 0 fully saturated rings. The van der Waals surface area contributed by atoms with Crippen LogP contribution in [0.5, 0.6) is 0 Å². The minimum absolute atomic E-state index is 0. The van der Waals surface area contributed by atoms with E-state index in [0.29, 0.717) is 0 Å². The third kappa shape index (κ3) is 8.25. The first-order valence-electron chi connectivity index (χ1n) is 18.0. The minimum Gasteiger partial charge on any atom is -0.512 e. The fraction of sp³-hybridized carbons (Fsp3) is 0.378. The molecule has 0 saturated carbocycles. The van der Waals surface area contributed by atoms with Gasteiger partial charge >= 0.3 is 0 Å². The van der Waals surface area contributed by atoms with E-state index < -0.39 is 0 Å². The first kappa shape index (κ1) is 40.6. The molecule has 0 atom stereocenters. The molecule has 51 heavy (non-hydrogen) atoms. The molecule has 0 aliphatic rings. The molecule has 0 aliphatic carbocycles. The van der Waals surface area contributed by atoms with Gasteiger partial charge in [-0.25, -0.2) is 0 Å². The Morgan fingerprint density at radius 3 is 2.06 bits per heavy atom. The van der Waals surface area contributed by atoms with E-state index >= 15 is 0 Å². The van der Waals surface area contributed by atoms with Crippen molar-refractivity contribution in [2.45, 2.75) is 100 Å². The van der Waals surface area contributed by atoms with E-state index in [2.05, 4.69) is 106 Å². The summed E-state index contributed by atoms with van der Waals surface area (Å²) in [5.41, 5.74) is 5.41. The van der Waals surface area contributed by atoms with Crippen LogP contribution in [0.3, 0.4) is 0 Å². The molecule has 6 rings (SSSR count). The van der Waals surface area contributed by atoms with Crippen LogP contribution in [-0.2, 0) is 30.3 Å². The number of aliphatic hydroxyl groups excluding tert-OH is 1. The van der Waals surface area contributed by atoms with Gasteiger partial charge < -0.3 is 5.11 Å². The van der Waals surface area contributed by atoms with Gasteiger partial charge in [0.2, 0.25) is 0 Å². The Hall–Kier alpha value is -3.15. The predicted octanol–water partition coefficient (Wildman–Crippen LogP) is 14.1. The molecule has 1 N–H and O–H groups in total. The average molecular weight is 895 g/mol. The molecule has 6 heteroatoms. The number of ketones is 1. The van der Waals surface area contributed by atoms with E-state index in [1.165, 1.54) is 48.5 Å². The van der Waals surface area contributed by atoms with Crippen LogP contribution in [0.1, 0.15) is 98.4 Å². The van der Waals surface area contributed by atoms with Gasteiger partial charge in [0.15, 0.2) is 5.78 Å². The molecule has 6 aromatic rings. The number of rotatable bonds is 9. The Kier molecular flexibility index (Phi) is 12.9. The number of fused-ring (bicyclic) bond motifs is 3. The number of aryl methyl sites for hydroxylation is 1. The topological polar surface area (TPSA) is 50.2 Å². The standard InChI is InChI=1S/C30H24NS2.C15H28O2.Ir/c1-18-28(23-11-7-8-12-27(23)33-18)24-17-26(31-29-22(24)13-14-32-29)20-15-19-9-5-6-10-21(19)25(16-20)30(2,3)4;1-7-14(5,8-2)12(16)11-13(17)15(6,9-3)10-4;/h5-14,16-17H,1-4H3;11,16H,7-10H2,1-6H3;/q-1;;/b;12-11-;. The summed E-state index contributed by atoms with van der Waals surface area (Å²) in [5.74, 6) is 0.286. The number of hydrogen-bond acceptors (Lipinski definition) is 5. The number of hydrogen-bond donors (Lipinski definition) is 1. The van der Waals surface area contributed by atoms with Gasteiger partial charge in [-0.15, -0.1) is 51.8 Å². The van der Waals surface area contributed by atoms with Gasteiger partial charge in [0, 0.05) is 68.6 Å². The van der Waals surface area contributed by atoms with Crippen molar-refractivity contribution in [2.24, 2.45) is 10.8 Å². The fourth-order valence-electron chi connectivity index (χ4n) is 6.47. The van der Waals surface area contributed by atoms with Crippen molar-refractivity contribution in [3.05, 3.63) is 100 Å². The van der Waals surface area contributed by atoms with E-state index in [4.69, 9.17) is 4.98 Å². The van der Waals surface area contributed by atoms with E-state index in [9.17, 15) is 9.90 Å². The smallest absolute Gasteiger partial charge is 0.164 e. The van der Waals surface area contributed by atoms with Gasteiger partial charge in [0.05, 0.1) is 0 Å². The van der Waals surface area contributed by atoms with Crippen molar-refractivity contribution >= 4 is 59.5 Å². The number of benzene rings is 3.